The molecule has 0 radical (unpaired) electrons. The number of hydrogen-bond acceptors (Lipinski definition) is 6. The molecule has 0 N–H and O–H groups in total. The number of likely N-dealkylation sites (tertiary alicyclic amines) is 1. The van der Waals surface area contributed by atoms with E-state index in [2.05, 4.69) is 16.9 Å². The number of piperidine rings is 1. The molecule has 0 unspecified atom stereocenters. The molecule has 3 heterocycles. The van der Waals surface area contributed by atoms with Gasteiger partial charge in [-0.2, -0.15) is 5.10 Å². The predicted octanol–water partition coefficient (Wildman–Crippen LogP) is 1.16. The first-order chi connectivity index (χ1) is 12.4. The Morgan fingerprint density at radius 2 is 1.92 bits per heavy atom. The molecule has 2 fully saturated rings. The fourth-order valence-corrected chi connectivity index (χ4v) is 4.07. The second-order valence-electron chi connectivity index (χ2n) is 7.33. The minimum Gasteiger partial charge on any atom is -0.349 e. The van der Waals surface area contributed by atoms with Gasteiger partial charge in [0.05, 0.1) is 11.5 Å². The van der Waals surface area contributed by atoms with Gasteiger partial charge in [-0.05, 0) is 33.1 Å². The smallest absolute Gasteiger partial charge is 0.333 e. The van der Waals surface area contributed by atoms with Gasteiger partial charge in [0.2, 0.25) is 11.7 Å². The average Bonchev–Trinajstić information content (AvgIpc) is 2.90. The first-order valence-electron chi connectivity index (χ1n) is 9.33. The molecular formula is C17H28N6O3. The normalized spacial score (nSPS) is 21.9. The maximum atomic E-state index is 12.6. The Morgan fingerprint density at radius 3 is 2.54 bits per heavy atom. The lowest BCUT2D eigenvalue weighted by atomic mass is 10.0. The zero-order valence-electron chi connectivity index (χ0n) is 15.8. The molecule has 0 aliphatic carbocycles. The van der Waals surface area contributed by atoms with Gasteiger partial charge in [0.15, 0.2) is 0 Å². The molecule has 144 valence electrons. The Balaban J connectivity index is 1.60. The van der Waals surface area contributed by atoms with Gasteiger partial charge in [-0.1, -0.05) is 0 Å². The van der Waals surface area contributed by atoms with Crippen molar-refractivity contribution in [2.45, 2.75) is 39.2 Å². The van der Waals surface area contributed by atoms with Crippen LogP contribution in [0, 0.1) is 17.0 Å². The van der Waals surface area contributed by atoms with Crippen molar-refractivity contribution in [1.29, 1.82) is 0 Å². The molecular weight excluding hydrogens is 336 g/mol. The third-order valence-corrected chi connectivity index (χ3v) is 5.50. The topological polar surface area (TPSA) is 87.8 Å². The first kappa shape index (κ1) is 18.6. The molecule has 1 atom stereocenters. The van der Waals surface area contributed by atoms with Gasteiger partial charge in [-0.3, -0.25) is 19.8 Å². The average molecular weight is 364 g/mol. The highest BCUT2D eigenvalue weighted by Crippen LogP contribution is 2.31. The Morgan fingerprint density at radius 1 is 1.23 bits per heavy atom. The van der Waals surface area contributed by atoms with E-state index < -0.39 is 0 Å². The second-order valence-corrected chi connectivity index (χ2v) is 7.33. The molecule has 9 nitrogen and oxygen atoms in total. The number of rotatable bonds is 4. The number of anilines is 1. The largest absolute Gasteiger partial charge is 0.349 e. The fraction of sp³-hybridized carbons (Fsp3) is 0.765. The molecule has 1 aromatic heterocycles. The van der Waals surface area contributed by atoms with Crippen LogP contribution in [0.25, 0.3) is 0 Å². The van der Waals surface area contributed by atoms with Gasteiger partial charge in [0, 0.05) is 45.8 Å². The molecule has 2 saturated heterocycles. The maximum absolute atomic E-state index is 12.6. The molecule has 3 rings (SSSR count). The van der Waals surface area contributed by atoms with Crippen LogP contribution in [0.5, 0.6) is 0 Å². The van der Waals surface area contributed by atoms with Crippen molar-refractivity contribution in [3.05, 3.63) is 15.8 Å². The van der Waals surface area contributed by atoms with Gasteiger partial charge in [-0.15, -0.1) is 0 Å². The SMILES string of the molecule is Cc1nn(C)c(N2CCN(CC(=O)N3CCCC[C@H]3C)CC2)c1[N+](=O)[O-]. The van der Waals surface area contributed by atoms with Crippen LogP contribution < -0.4 is 4.90 Å². The number of nitrogens with zero attached hydrogens (tertiary/aromatic N) is 6. The van der Waals surface area contributed by atoms with Crippen LogP contribution in [0.15, 0.2) is 0 Å². The minimum absolute atomic E-state index is 0.0826. The van der Waals surface area contributed by atoms with Crippen LogP contribution in [0.1, 0.15) is 31.9 Å². The van der Waals surface area contributed by atoms with Crippen molar-refractivity contribution >= 4 is 17.4 Å². The van der Waals surface area contributed by atoms with E-state index in [1.165, 1.54) is 6.42 Å². The third-order valence-electron chi connectivity index (χ3n) is 5.50. The van der Waals surface area contributed by atoms with Crippen molar-refractivity contribution in [2.24, 2.45) is 7.05 Å². The van der Waals surface area contributed by atoms with E-state index in [0.29, 0.717) is 37.2 Å². The van der Waals surface area contributed by atoms with Crippen LogP contribution in [0.3, 0.4) is 0 Å². The van der Waals surface area contributed by atoms with Gasteiger partial charge in [0.1, 0.15) is 5.69 Å². The first-order valence-corrected chi connectivity index (χ1v) is 9.33. The molecule has 0 saturated carbocycles. The van der Waals surface area contributed by atoms with E-state index >= 15 is 0 Å². The molecule has 1 amide bonds. The van der Waals surface area contributed by atoms with Gasteiger partial charge in [-0.25, -0.2) is 4.68 Å². The van der Waals surface area contributed by atoms with E-state index in [1.807, 2.05) is 9.80 Å². The van der Waals surface area contributed by atoms with Crippen molar-refractivity contribution in [2.75, 3.05) is 44.2 Å². The Bertz CT molecular complexity index is 680. The summed E-state index contributed by atoms with van der Waals surface area (Å²) in [5, 5.41) is 15.6. The third kappa shape index (κ3) is 3.67. The van der Waals surface area contributed by atoms with E-state index in [-0.39, 0.29) is 16.5 Å². The molecule has 0 aromatic carbocycles. The van der Waals surface area contributed by atoms with Gasteiger partial charge < -0.3 is 9.80 Å². The molecule has 9 heteroatoms. The molecule has 0 bridgehead atoms. The molecule has 0 spiro atoms. The standard InChI is InChI=1S/C17H28N6O3/c1-13-6-4-5-7-22(13)15(24)12-20-8-10-21(11-9-20)17-16(23(25)26)14(2)18-19(17)3/h13H,4-12H2,1-3H3/t13-/m1/s1. The lowest BCUT2D eigenvalue weighted by Crippen LogP contribution is -2.52. The second kappa shape index (κ2) is 7.61. The highest BCUT2D eigenvalue weighted by atomic mass is 16.6. The zero-order valence-corrected chi connectivity index (χ0v) is 15.8. The van der Waals surface area contributed by atoms with Crippen molar-refractivity contribution < 1.29 is 9.72 Å². The van der Waals surface area contributed by atoms with E-state index in [0.717, 1.165) is 32.5 Å². The summed E-state index contributed by atoms with van der Waals surface area (Å²) in [5.74, 6) is 0.760. The summed E-state index contributed by atoms with van der Waals surface area (Å²) >= 11 is 0. The highest BCUT2D eigenvalue weighted by molar-refractivity contribution is 5.78. The number of amides is 1. The number of hydrogen-bond donors (Lipinski definition) is 0. The lowest BCUT2D eigenvalue weighted by Gasteiger charge is -2.38. The van der Waals surface area contributed by atoms with Gasteiger partial charge >= 0.3 is 5.69 Å². The monoisotopic (exact) mass is 364 g/mol. The molecule has 2 aliphatic rings. The number of nitro groups is 1. The van der Waals surface area contributed by atoms with Gasteiger partial charge in [0.25, 0.3) is 0 Å². The summed E-state index contributed by atoms with van der Waals surface area (Å²) in [7, 11) is 1.74. The van der Waals surface area contributed by atoms with Crippen LogP contribution in [0.4, 0.5) is 11.5 Å². The number of aryl methyl sites for hydroxylation is 2. The maximum Gasteiger partial charge on any atom is 0.333 e. The number of aromatic nitrogens is 2. The molecule has 2 aliphatic heterocycles. The number of carbonyl (C=O) groups is 1. The van der Waals surface area contributed by atoms with Crippen LogP contribution >= 0.6 is 0 Å². The van der Waals surface area contributed by atoms with Crippen LogP contribution in [-0.2, 0) is 11.8 Å². The molecule has 26 heavy (non-hydrogen) atoms. The summed E-state index contributed by atoms with van der Waals surface area (Å²) in [5.41, 5.74) is 0.517. The van der Waals surface area contributed by atoms with E-state index in [1.54, 1.807) is 18.7 Å². The van der Waals surface area contributed by atoms with Crippen LogP contribution in [-0.4, -0.2) is 75.7 Å². The Kier molecular flexibility index (Phi) is 5.45. The van der Waals surface area contributed by atoms with Crippen molar-refractivity contribution in [1.82, 2.24) is 19.6 Å². The summed E-state index contributed by atoms with van der Waals surface area (Å²) in [6.45, 7) is 7.83. The summed E-state index contributed by atoms with van der Waals surface area (Å²) < 4.78 is 1.59. The fourth-order valence-electron chi connectivity index (χ4n) is 4.07. The van der Waals surface area contributed by atoms with Crippen LogP contribution in [0.2, 0.25) is 0 Å². The predicted molar refractivity (Wildman–Crippen MR) is 98.3 cm³/mol. The Hall–Kier alpha value is -2.16. The van der Waals surface area contributed by atoms with E-state index in [9.17, 15) is 14.9 Å². The zero-order chi connectivity index (χ0) is 18.8. The highest BCUT2D eigenvalue weighted by Gasteiger charge is 2.31. The quantitative estimate of drug-likeness (QED) is 0.588. The minimum atomic E-state index is -0.356. The summed E-state index contributed by atoms with van der Waals surface area (Å²) in [4.78, 5) is 29.8. The lowest BCUT2D eigenvalue weighted by molar-refractivity contribution is -0.384. The van der Waals surface area contributed by atoms with Crippen molar-refractivity contribution in [3.8, 4) is 0 Å². The summed E-state index contributed by atoms with van der Waals surface area (Å²) in [6, 6.07) is 0.331. The Labute approximate surface area is 153 Å². The summed E-state index contributed by atoms with van der Waals surface area (Å²) in [6.07, 6.45) is 3.38. The number of carbonyl (C=O) groups excluding carboxylic acids is 1. The molecule has 1 aromatic rings. The number of piperazine rings is 1. The van der Waals surface area contributed by atoms with E-state index in [4.69, 9.17) is 0 Å². The van der Waals surface area contributed by atoms with Crippen molar-refractivity contribution in [3.63, 3.8) is 0 Å².